The first-order valence-corrected chi connectivity index (χ1v) is 9.02. The van der Waals surface area contributed by atoms with Gasteiger partial charge in [-0.2, -0.15) is 0 Å². The van der Waals surface area contributed by atoms with Crippen LogP contribution in [0.2, 0.25) is 0 Å². The molecule has 2 aromatic rings. The second-order valence-corrected chi connectivity index (χ2v) is 6.71. The highest BCUT2D eigenvalue weighted by molar-refractivity contribution is 6.04. The van der Waals surface area contributed by atoms with Gasteiger partial charge in [0.2, 0.25) is 0 Å². The van der Waals surface area contributed by atoms with Gasteiger partial charge in [-0.3, -0.25) is 4.79 Å². The molecule has 8 nitrogen and oxygen atoms in total. The van der Waals surface area contributed by atoms with Gasteiger partial charge >= 0.3 is 12.0 Å². The number of rotatable bonds is 7. The molecule has 2 heterocycles. The molecular weight excluding hydrogens is 362 g/mol. The third-order valence-electron chi connectivity index (χ3n) is 4.65. The predicted molar refractivity (Wildman–Crippen MR) is 103 cm³/mol. The number of esters is 1. The minimum absolute atomic E-state index is 0.131. The van der Waals surface area contributed by atoms with Crippen molar-refractivity contribution in [3.63, 3.8) is 0 Å². The predicted octanol–water partition coefficient (Wildman–Crippen LogP) is 2.87. The number of ketones is 1. The fraction of sp³-hybridized carbons (Fsp3) is 0.450. The van der Waals surface area contributed by atoms with Crippen molar-refractivity contribution in [2.75, 3.05) is 27.7 Å². The zero-order valence-electron chi connectivity index (χ0n) is 17.2. The Morgan fingerprint density at radius 2 is 1.89 bits per heavy atom. The van der Waals surface area contributed by atoms with E-state index in [-0.39, 0.29) is 24.9 Å². The Morgan fingerprint density at radius 1 is 1.21 bits per heavy atom. The molecule has 2 aromatic heterocycles. The highest BCUT2D eigenvalue weighted by atomic mass is 16.5. The van der Waals surface area contributed by atoms with Crippen molar-refractivity contribution in [1.29, 1.82) is 0 Å². The Hall–Kier alpha value is -3.03. The largest absolute Gasteiger partial charge is 0.467 e. The molecule has 0 aliphatic heterocycles. The number of aromatic nitrogens is 1. The molecule has 0 aliphatic rings. The average molecular weight is 389 g/mol. The molecule has 0 fully saturated rings. The van der Waals surface area contributed by atoms with Crippen LogP contribution in [0.1, 0.15) is 44.8 Å². The summed E-state index contributed by atoms with van der Waals surface area (Å²) in [5.74, 6) is -0.148. The van der Waals surface area contributed by atoms with E-state index in [9.17, 15) is 14.4 Å². The van der Waals surface area contributed by atoms with E-state index in [1.807, 2.05) is 6.92 Å². The molecule has 0 aromatic carbocycles. The van der Waals surface area contributed by atoms with E-state index in [0.29, 0.717) is 34.8 Å². The first kappa shape index (κ1) is 21.3. The normalized spacial score (nSPS) is 10.6. The lowest BCUT2D eigenvalue weighted by atomic mass is 10.1. The monoisotopic (exact) mass is 389 g/mol. The third kappa shape index (κ3) is 4.11. The molecule has 2 amide bonds. The molecule has 0 spiro atoms. The van der Waals surface area contributed by atoms with E-state index in [1.54, 1.807) is 44.6 Å². The van der Waals surface area contributed by atoms with Gasteiger partial charge in [-0.05, 0) is 38.5 Å². The van der Waals surface area contributed by atoms with Crippen molar-refractivity contribution >= 4 is 17.8 Å². The lowest BCUT2D eigenvalue weighted by Crippen LogP contribution is -2.41. The van der Waals surface area contributed by atoms with Crippen LogP contribution >= 0.6 is 0 Å². The minimum atomic E-state index is -0.488. The van der Waals surface area contributed by atoms with Crippen molar-refractivity contribution in [2.45, 2.75) is 33.9 Å². The molecule has 0 bridgehead atoms. The fourth-order valence-electron chi connectivity index (χ4n) is 3.38. The number of furan rings is 1. The molecule has 0 saturated carbocycles. The van der Waals surface area contributed by atoms with E-state index < -0.39 is 5.97 Å². The lowest BCUT2D eigenvalue weighted by molar-refractivity contribution is 0.0587. The Bertz CT molecular complexity index is 865. The van der Waals surface area contributed by atoms with Crippen molar-refractivity contribution in [2.24, 2.45) is 0 Å². The molecule has 0 saturated heterocycles. The summed E-state index contributed by atoms with van der Waals surface area (Å²) in [5.41, 5.74) is 2.05. The Labute approximate surface area is 164 Å². The van der Waals surface area contributed by atoms with Crippen molar-refractivity contribution in [3.8, 4) is 0 Å². The zero-order valence-corrected chi connectivity index (χ0v) is 17.2. The molecule has 2 rings (SSSR count). The van der Waals surface area contributed by atoms with E-state index in [0.717, 1.165) is 0 Å². The van der Waals surface area contributed by atoms with Crippen LogP contribution in [0.4, 0.5) is 4.79 Å². The first-order valence-electron chi connectivity index (χ1n) is 9.02. The summed E-state index contributed by atoms with van der Waals surface area (Å²) in [6.07, 6.45) is 1.52. The second kappa shape index (κ2) is 8.77. The van der Waals surface area contributed by atoms with Crippen LogP contribution in [0, 0.1) is 13.8 Å². The SMILES string of the molecule is CCn1c(C)c(C(=O)CN(Cc2ccco2)C(=O)N(C)C)c(C)c1C(=O)OC. The van der Waals surface area contributed by atoms with Gasteiger partial charge in [0.05, 0.1) is 26.5 Å². The number of ether oxygens (including phenoxy) is 1. The summed E-state index contributed by atoms with van der Waals surface area (Å²) in [4.78, 5) is 40.7. The number of urea groups is 1. The van der Waals surface area contributed by atoms with Gasteiger partial charge < -0.3 is 23.5 Å². The van der Waals surface area contributed by atoms with Crippen LogP contribution in [0.5, 0.6) is 0 Å². The van der Waals surface area contributed by atoms with E-state index in [2.05, 4.69) is 0 Å². The minimum Gasteiger partial charge on any atom is -0.467 e. The van der Waals surface area contributed by atoms with Gasteiger partial charge in [0.25, 0.3) is 0 Å². The van der Waals surface area contributed by atoms with E-state index in [1.165, 1.54) is 23.2 Å². The first-order chi connectivity index (χ1) is 13.2. The molecule has 28 heavy (non-hydrogen) atoms. The molecule has 0 atom stereocenters. The highest BCUT2D eigenvalue weighted by Crippen LogP contribution is 2.24. The number of carbonyl (C=O) groups is 3. The molecule has 0 aliphatic carbocycles. The van der Waals surface area contributed by atoms with Gasteiger partial charge in [-0.1, -0.05) is 0 Å². The van der Waals surface area contributed by atoms with Gasteiger partial charge in [0.1, 0.15) is 11.5 Å². The van der Waals surface area contributed by atoms with Gasteiger partial charge in [-0.25, -0.2) is 9.59 Å². The molecule has 0 radical (unpaired) electrons. The maximum absolute atomic E-state index is 13.1. The van der Waals surface area contributed by atoms with Crippen molar-refractivity contribution in [1.82, 2.24) is 14.4 Å². The quantitative estimate of drug-likeness (QED) is 0.537. The summed E-state index contributed by atoms with van der Waals surface area (Å²) < 4.78 is 12.0. The Morgan fingerprint density at radius 3 is 2.39 bits per heavy atom. The molecular formula is C20H27N3O5. The van der Waals surface area contributed by atoms with Crippen LogP contribution in [-0.4, -0.2) is 59.9 Å². The maximum Gasteiger partial charge on any atom is 0.354 e. The average Bonchev–Trinajstić information content (AvgIpc) is 3.25. The number of carbonyl (C=O) groups excluding carboxylic acids is 3. The van der Waals surface area contributed by atoms with Gasteiger partial charge in [0.15, 0.2) is 5.78 Å². The Kier molecular flexibility index (Phi) is 6.66. The smallest absolute Gasteiger partial charge is 0.354 e. The van der Waals surface area contributed by atoms with E-state index >= 15 is 0 Å². The maximum atomic E-state index is 13.1. The zero-order chi connectivity index (χ0) is 21.0. The number of nitrogens with zero attached hydrogens (tertiary/aromatic N) is 3. The molecule has 152 valence electrons. The lowest BCUT2D eigenvalue weighted by Gasteiger charge is -2.24. The molecule has 0 unspecified atom stereocenters. The third-order valence-corrected chi connectivity index (χ3v) is 4.65. The number of hydrogen-bond donors (Lipinski definition) is 0. The summed E-state index contributed by atoms with van der Waals surface area (Å²) >= 11 is 0. The fourth-order valence-corrected chi connectivity index (χ4v) is 3.38. The number of methoxy groups -OCH3 is 1. The van der Waals surface area contributed by atoms with Gasteiger partial charge in [0, 0.05) is 31.9 Å². The standard InChI is InChI=1S/C20H27N3O5/c1-7-23-14(3)17(13(2)18(23)19(25)27-6)16(24)12-22(20(26)21(4)5)11-15-9-8-10-28-15/h8-10H,7,11-12H2,1-6H3. The van der Waals surface area contributed by atoms with Crippen LogP contribution in [0.15, 0.2) is 22.8 Å². The van der Waals surface area contributed by atoms with Crippen molar-refractivity contribution < 1.29 is 23.5 Å². The molecule has 0 N–H and O–H groups in total. The summed E-state index contributed by atoms with van der Waals surface area (Å²) in [7, 11) is 4.56. The van der Waals surface area contributed by atoms with E-state index in [4.69, 9.17) is 9.15 Å². The van der Waals surface area contributed by atoms with Crippen molar-refractivity contribution in [3.05, 3.63) is 46.7 Å². The number of amides is 2. The second-order valence-electron chi connectivity index (χ2n) is 6.71. The highest BCUT2D eigenvalue weighted by Gasteiger charge is 2.28. The van der Waals surface area contributed by atoms with Crippen LogP contribution in [0.25, 0.3) is 0 Å². The van der Waals surface area contributed by atoms with Crippen LogP contribution < -0.4 is 0 Å². The summed E-state index contributed by atoms with van der Waals surface area (Å²) in [5, 5.41) is 0. The van der Waals surface area contributed by atoms with Crippen LogP contribution in [0.3, 0.4) is 0 Å². The number of Topliss-reactive ketones (excluding diaryl/α,β-unsaturated/α-hetero) is 1. The summed E-state index contributed by atoms with van der Waals surface area (Å²) in [6.45, 7) is 5.98. The summed E-state index contributed by atoms with van der Waals surface area (Å²) in [6, 6.07) is 3.18. The topological polar surface area (TPSA) is 85.0 Å². The Balaban J connectivity index is 2.39. The van der Waals surface area contributed by atoms with Gasteiger partial charge in [-0.15, -0.1) is 0 Å². The molecule has 8 heteroatoms. The number of hydrogen-bond acceptors (Lipinski definition) is 5. The van der Waals surface area contributed by atoms with Crippen LogP contribution in [-0.2, 0) is 17.8 Å².